The number of hydrogen-bond donors (Lipinski definition) is 2. The zero-order valence-electron chi connectivity index (χ0n) is 3.20. The van der Waals surface area contributed by atoms with E-state index in [1.54, 1.807) is 0 Å². The molecule has 0 saturated heterocycles. The molecule has 0 atom stereocenters. The van der Waals surface area contributed by atoms with Crippen LogP contribution in [0.1, 0.15) is 0 Å². The van der Waals surface area contributed by atoms with Crippen LogP contribution in [0.5, 0.6) is 0 Å². The molecule has 0 saturated carbocycles. The molecule has 7 heteroatoms. The van der Waals surface area contributed by atoms with Crippen molar-refractivity contribution < 1.29 is 0 Å². The summed E-state index contributed by atoms with van der Waals surface area (Å²) >= 11 is 9.15. The van der Waals surface area contributed by atoms with Crippen LogP contribution in [0.25, 0.3) is 0 Å². The minimum absolute atomic E-state index is 0. The molecule has 0 fully saturated rings. The third-order valence-electron chi connectivity index (χ3n) is 0.404. The van der Waals surface area contributed by atoms with Crippen molar-refractivity contribution in [1.82, 2.24) is 10.2 Å². The zero-order chi connectivity index (χ0) is 5.28. The van der Waals surface area contributed by atoms with E-state index in [4.69, 9.17) is 0 Å². The predicted octanol–water partition coefficient (Wildman–Crippen LogP) is -0.182. The van der Waals surface area contributed by atoms with Crippen LogP contribution in [-0.2, 0) is 0 Å². The topological polar surface area (TPSA) is 25.8 Å². The molecule has 0 N–H and O–H groups in total. The third-order valence-corrected chi connectivity index (χ3v) is 1.66. The zero-order valence-corrected chi connectivity index (χ0v) is 5.80. The summed E-state index contributed by atoms with van der Waals surface area (Å²) < 4.78 is 1.31. The third kappa shape index (κ3) is 5.52. The Hall–Kier alpha value is 2.26. The predicted molar refractivity (Wildman–Crippen MR) is 48.7 cm³/mol. The normalized spacial score (nSPS) is 7.33. The summed E-state index contributed by atoms with van der Waals surface area (Å²) in [6.45, 7) is 0. The van der Waals surface area contributed by atoms with Crippen molar-refractivity contribution in [3.63, 3.8) is 0 Å². The van der Waals surface area contributed by atoms with Crippen molar-refractivity contribution in [1.29, 1.82) is 0 Å². The molecule has 0 aliphatic carbocycles. The van der Waals surface area contributed by atoms with Crippen molar-refractivity contribution >= 4 is 95.7 Å². The molecule has 0 unspecified atom stereocenters. The fourth-order valence-electron chi connectivity index (χ4n) is 0.208. The van der Waals surface area contributed by atoms with Crippen LogP contribution in [0.15, 0.2) is 8.68 Å². The molecule has 0 aliphatic rings. The number of rotatable bonds is 0. The van der Waals surface area contributed by atoms with Crippen LogP contribution >= 0.6 is 36.6 Å². The standard InChI is InChI=1S/C2H2N2S3.2Na.2H/c5-1-3-4-2(6)7-1;;;;/h(H,3,5)(H,4,6);;;;. The van der Waals surface area contributed by atoms with E-state index in [-0.39, 0.29) is 59.1 Å². The second-order valence-electron chi connectivity index (χ2n) is 0.867. The van der Waals surface area contributed by atoms with Gasteiger partial charge in [0.1, 0.15) is 0 Å². The molecule has 1 heterocycles. The van der Waals surface area contributed by atoms with Crippen molar-refractivity contribution in [2.45, 2.75) is 8.68 Å². The van der Waals surface area contributed by atoms with Gasteiger partial charge in [0.25, 0.3) is 0 Å². The van der Waals surface area contributed by atoms with Gasteiger partial charge >= 0.3 is 59.1 Å². The monoisotopic (exact) mass is 198 g/mol. The summed E-state index contributed by atoms with van der Waals surface area (Å²) in [7, 11) is 0. The van der Waals surface area contributed by atoms with Crippen molar-refractivity contribution in [2.24, 2.45) is 0 Å². The Morgan fingerprint density at radius 2 is 1.33 bits per heavy atom. The van der Waals surface area contributed by atoms with E-state index in [0.29, 0.717) is 8.68 Å². The first-order chi connectivity index (χ1) is 3.29. The van der Waals surface area contributed by atoms with Gasteiger partial charge in [0.05, 0.1) is 0 Å². The molecule has 0 aliphatic heterocycles. The number of aromatic nitrogens is 2. The average Bonchev–Trinajstić information content (AvgIpc) is 1.87. The molecular formula is C2H4N2Na2S3. The molecule has 0 amide bonds. The number of nitrogens with zero attached hydrogens (tertiary/aromatic N) is 2. The van der Waals surface area contributed by atoms with Crippen LogP contribution < -0.4 is 0 Å². The molecule has 2 nitrogen and oxygen atoms in total. The van der Waals surface area contributed by atoms with E-state index in [9.17, 15) is 0 Å². The summed E-state index contributed by atoms with van der Waals surface area (Å²) in [5, 5.41) is 7.15. The molecule has 42 valence electrons. The van der Waals surface area contributed by atoms with Gasteiger partial charge in [-0.3, -0.25) is 0 Å². The SMILES string of the molecule is Sc1nnc(S)s1.[NaH].[NaH]. The molecule has 1 aromatic rings. The van der Waals surface area contributed by atoms with Crippen LogP contribution in [-0.4, -0.2) is 69.3 Å². The first kappa shape index (κ1) is 13.8. The average molecular weight is 198 g/mol. The molecular weight excluding hydrogens is 194 g/mol. The maximum absolute atomic E-state index is 3.90. The first-order valence-corrected chi connectivity index (χ1v) is 3.21. The van der Waals surface area contributed by atoms with E-state index in [1.807, 2.05) is 0 Å². The summed E-state index contributed by atoms with van der Waals surface area (Å²) in [6.07, 6.45) is 0. The summed E-state index contributed by atoms with van der Waals surface area (Å²) in [5.41, 5.74) is 0. The first-order valence-electron chi connectivity index (χ1n) is 1.50. The van der Waals surface area contributed by atoms with Gasteiger partial charge in [0, 0.05) is 0 Å². The fraction of sp³-hybridized carbons (Fsp3) is 0. The van der Waals surface area contributed by atoms with Crippen molar-refractivity contribution in [3.8, 4) is 0 Å². The Bertz CT molecular complexity index is 150. The quantitative estimate of drug-likeness (QED) is 0.447. The van der Waals surface area contributed by atoms with E-state index in [2.05, 4.69) is 35.5 Å². The van der Waals surface area contributed by atoms with Gasteiger partial charge in [-0.15, -0.1) is 35.5 Å². The summed E-state index contributed by atoms with van der Waals surface area (Å²) in [6, 6.07) is 0. The Kier molecular flexibility index (Phi) is 10.7. The Labute approximate surface area is 113 Å². The van der Waals surface area contributed by atoms with Crippen LogP contribution in [0.4, 0.5) is 0 Å². The fourth-order valence-corrected chi connectivity index (χ4v) is 1.36. The van der Waals surface area contributed by atoms with E-state index in [1.165, 1.54) is 11.3 Å². The molecule has 0 radical (unpaired) electrons. The van der Waals surface area contributed by atoms with E-state index in [0.717, 1.165) is 0 Å². The molecule has 1 aromatic heterocycles. The number of hydrogen-bond acceptors (Lipinski definition) is 5. The molecule has 0 aromatic carbocycles. The van der Waals surface area contributed by atoms with Crippen molar-refractivity contribution in [3.05, 3.63) is 0 Å². The van der Waals surface area contributed by atoms with Gasteiger partial charge in [0.2, 0.25) is 0 Å². The van der Waals surface area contributed by atoms with E-state index >= 15 is 0 Å². The summed E-state index contributed by atoms with van der Waals surface area (Å²) in [4.78, 5) is 0. The van der Waals surface area contributed by atoms with Crippen LogP contribution in [0.2, 0.25) is 0 Å². The van der Waals surface area contributed by atoms with Gasteiger partial charge in [0.15, 0.2) is 8.68 Å². The van der Waals surface area contributed by atoms with Crippen molar-refractivity contribution in [2.75, 3.05) is 0 Å². The van der Waals surface area contributed by atoms with Gasteiger partial charge in [-0.05, 0) is 0 Å². The van der Waals surface area contributed by atoms with Gasteiger partial charge in [-0.25, -0.2) is 0 Å². The Morgan fingerprint density at radius 3 is 1.44 bits per heavy atom. The second-order valence-corrected chi connectivity index (χ2v) is 3.30. The minimum atomic E-state index is 0. The molecule has 9 heavy (non-hydrogen) atoms. The van der Waals surface area contributed by atoms with Gasteiger partial charge in [-0.1, -0.05) is 11.3 Å². The van der Waals surface area contributed by atoms with Crippen LogP contribution in [0.3, 0.4) is 0 Å². The van der Waals surface area contributed by atoms with Crippen LogP contribution in [0, 0.1) is 0 Å². The molecule has 0 bridgehead atoms. The molecule has 1 rings (SSSR count). The Balaban J connectivity index is 0. The second kappa shape index (κ2) is 6.94. The summed E-state index contributed by atoms with van der Waals surface area (Å²) in [5.74, 6) is 0. The molecule has 0 spiro atoms. The van der Waals surface area contributed by atoms with Gasteiger partial charge in [-0.2, -0.15) is 0 Å². The maximum atomic E-state index is 3.90. The number of thiol groups is 2. The van der Waals surface area contributed by atoms with E-state index < -0.39 is 0 Å². The Morgan fingerprint density at radius 1 is 1.00 bits per heavy atom. The van der Waals surface area contributed by atoms with Gasteiger partial charge < -0.3 is 0 Å².